The van der Waals surface area contributed by atoms with Gasteiger partial charge in [-0.05, 0) is 5.92 Å². The molecular weight excluding hydrogens is 194 g/mol. The summed E-state index contributed by atoms with van der Waals surface area (Å²) in [5.41, 5.74) is 1.77. The van der Waals surface area contributed by atoms with Crippen molar-refractivity contribution in [1.82, 2.24) is 4.57 Å². The molecule has 2 aromatic heterocycles. The van der Waals surface area contributed by atoms with E-state index in [0.29, 0.717) is 18.0 Å². The van der Waals surface area contributed by atoms with Crippen LogP contribution in [0.15, 0.2) is 22.8 Å². The molecule has 0 spiro atoms. The normalized spacial score (nSPS) is 11.4. The van der Waals surface area contributed by atoms with Crippen molar-refractivity contribution in [2.24, 2.45) is 5.92 Å². The molecule has 0 amide bonds. The molecule has 0 aliphatic carbocycles. The molecule has 0 aromatic carbocycles. The van der Waals surface area contributed by atoms with Crippen LogP contribution in [0.2, 0.25) is 0 Å². The first-order valence-electron chi connectivity index (χ1n) is 4.89. The maximum Gasteiger partial charge on any atom is 0.352 e. The average molecular weight is 207 g/mol. The Morgan fingerprint density at radius 3 is 2.93 bits per heavy atom. The number of nitrogens with zero attached hydrogens (tertiary/aromatic N) is 1. The Labute approximate surface area is 87.1 Å². The van der Waals surface area contributed by atoms with Crippen LogP contribution in [0.4, 0.5) is 0 Å². The number of aromatic nitrogens is 1. The van der Waals surface area contributed by atoms with Crippen LogP contribution in [0.5, 0.6) is 0 Å². The lowest BCUT2D eigenvalue weighted by Gasteiger charge is -2.09. The zero-order valence-corrected chi connectivity index (χ0v) is 8.73. The quantitative estimate of drug-likeness (QED) is 0.841. The monoisotopic (exact) mass is 207 g/mol. The second kappa shape index (κ2) is 3.46. The van der Waals surface area contributed by atoms with Crippen molar-refractivity contribution < 1.29 is 14.3 Å². The second-order valence-electron chi connectivity index (χ2n) is 4.01. The molecule has 2 aromatic rings. The predicted molar refractivity (Wildman–Crippen MR) is 56.0 cm³/mol. The highest BCUT2D eigenvalue weighted by Crippen LogP contribution is 2.22. The van der Waals surface area contributed by atoms with E-state index in [9.17, 15) is 4.79 Å². The Balaban J connectivity index is 2.58. The van der Waals surface area contributed by atoms with Crippen LogP contribution in [0.1, 0.15) is 24.3 Å². The molecule has 0 unspecified atom stereocenters. The van der Waals surface area contributed by atoms with Gasteiger partial charge in [0, 0.05) is 18.7 Å². The number of rotatable bonds is 3. The summed E-state index contributed by atoms with van der Waals surface area (Å²) in [4.78, 5) is 11.0. The third-order valence-corrected chi connectivity index (χ3v) is 2.29. The fourth-order valence-corrected chi connectivity index (χ4v) is 1.72. The van der Waals surface area contributed by atoms with Crippen molar-refractivity contribution in [3.05, 3.63) is 24.1 Å². The van der Waals surface area contributed by atoms with Gasteiger partial charge in [-0.1, -0.05) is 13.8 Å². The first-order chi connectivity index (χ1) is 7.09. The Bertz CT molecular complexity index is 493. The van der Waals surface area contributed by atoms with E-state index in [1.54, 1.807) is 23.0 Å². The van der Waals surface area contributed by atoms with Gasteiger partial charge < -0.3 is 14.1 Å². The summed E-state index contributed by atoms with van der Waals surface area (Å²) < 4.78 is 6.97. The summed E-state index contributed by atoms with van der Waals surface area (Å²) in [5, 5.41) is 9.04. The number of furan rings is 1. The van der Waals surface area contributed by atoms with Gasteiger partial charge in [-0.2, -0.15) is 0 Å². The van der Waals surface area contributed by atoms with Crippen molar-refractivity contribution in [2.75, 3.05) is 0 Å². The fourth-order valence-electron chi connectivity index (χ4n) is 1.72. The Morgan fingerprint density at radius 1 is 1.60 bits per heavy atom. The molecule has 1 N–H and O–H groups in total. The smallest absolute Gasteiger partial charge is 0.352 e. The fraction of sp³-hybridized carbons (Fsp3) is 0.364. The number of aromatic carboxylic acids is 1. The minimum atomic E-state index is -0.915. The van der Waals surface area contributed by atoms with Gasteiger partial charge in [0.15, 0.2) is 5.58 Å². The molecule has 0 atom stereocenters. The second-order valence-corrected chi connectivity index (χ2v) is 4.01. The third-order valence-electron chi connectivity index (χ3n) is 2.29. The van der Waals surface area contributed by atoms with E-state index in [1.165, 1.54) is 0 Å². The summed E-state index contributed by atoms with van der Waals surface area (Å²) >= 11 is 0. The highest BCUT2D eigenvalue weighted by molar-refractivity contribution is 5.92. The average Bonchev–Trinajstić information content (AvgIpc) is 2.66. The Hall–Kier alpha value is -1.71. The summed E-state index contributed by atoms with van der Waals surface area (Å²) in [6, 6.07) is 3.37. The number of carbonyl (C=O) groups is 1. The van der Waals surface area contributed by atoms with Gasteiger partial charge >= 0.3 is 5.97 Å². The zero-order chi connectivity index (χ0) is 11.0. The molecule has 4 heteroatoms. The van der Waals surface area contributed by atoms with Crippen LogP contribution in [0.25, 0.3) is 11.1 Å². The lowest BCUT2D eigenvalue weighted by atomic mass is 10.2. The zero-order valence-electron chi connectivity index (χ0n) is 8.73. The largest absolute Gasteiger partial charge is 0.477 e. The summed E-state index contributed by atoms with van der Waals surface area (Å²) in [5.74, 6) is -0.518. The molecule has 0 aliphatic heterocycles. The van der Waals surface area contributed by atoms with Gasteiger partial charge in [-0.25, -0.2) is 4.79 Å². The van der Waals surface area contributed by atoms with Crippen molar-refractivity contribution in [1.29, 1.82) is 0 Å². The summed E-state index contributed by atoms with van der Waals surface area (Å²) in [6.45, 7) is 4.79. The lowest BCUT2D eigenvalue weighted by molar-refractivity contribution is 0.0685. The van der Waals surface area contributed by atoms with Crippen molar-refractivity contribution in [3.8, 4) is 0 Å². The molecule has 4 nitrogen and oxygen atoms in total. The van der Waals surface area contributed by atoms with Crippen molar-refractivity contribution in [2.45, 2.75) is 20.4 Å². The van der Waals surface area contributed by atoms with E-state index >= 15 is 0 Å². The van der Waals surface area contributed by atoms with E-state index in [4.69, 9.17) is 9.52 Å². The maximum atomic E-state index is 11.0. The molecule has 2 rings (SSSR count). The van der Waals surface area contributed by atoms with Crippen LogP contribution in [-0.2, 0) is 6.54 Å². The number of hydrogen-bond acceptors (Lipinski definition) is 2. The van der Waals surface area contributed by atoms with Crippen LogP contribution in [0.3, 0.4) is 0 Å². The van der Waals surface area contributed by atoms with Crippen molar-refractivity contribution >= 4 is 17.1 Å². The summed E-state index contributed by atoms with van der Waals surface area (Å²) in [7, 11) is 0. The van der Waals surface area contributed by atoms with Crippen LogP contribution in [-0.4, -0.2) is 15.6 Å². The molecule has 0 saturated heterocycles. The van der Waals surface area contributed by atoms with E-state index in [2.05, 4.69) is 13.8 Å². The van der Waals surface area contributed by atoms with Crippen LogP contribution >= 0.6 is 0 Å². The lowest BCUT2D eigenvalue weighted by Crippen LogP contribution is -2.11. The highest BCUT2D eigenvalue weighted by atomic mass is 16.4. The minimum absolute atomic E-state index is 0.290. The molecular formula is C11H13NO3. The molecule has 0 saturated carbocycles. The van der Waals surface area contributed by atoms with Crippen LogP contribution in [0, 0.1) is 5.92 Å². The minimum Gasteiger partial charge on any atom is -0.477 e. The first-order valence-corrected chi connectivity index (χ1v) is 4.89. The highest BCUT2D eigenvalue weighted by Gasteiger charge is 2.16. The van der Waals surface area contributed by atoms with Gasteiger partial charge in [0.05, 0.1) is 11.8 Å². The SMILES string of the molecule is CC(C)Cn1c(C(=O)O)cc2occc21. The van der Waals surface area contributed by atoms with Crippen LogP contribution < -0.4 is 0 Å². The van der Waals surface area contributed by atoms with Gasteiger partial charge in [0.1, 0.15) is 5.69 Å². The predicted octanol–water partition coefficient (Wildman–Crippen LogP) is 2.59. The van der Waals surface area contributed by atoms with E-state index in [-0.39, 0.29) is 5.69 Å². The van der Waals surface area contributed by atoms with Crippen molar-refractivity contribution in [3.63, 3.8) is 0 Å². The van der Waals surface area contributed by atoms with E-state index in [1.807, 2.05) is 0 Å². The first kappa shape index (κ1) is 9.83. The summed E-state index contributed by atoms with van der Waals surface area (Å²) in [6.07, 6.45) is 1.58. The maximum absolute atomic E-state index is 11.0. The Kier molecular flexibility index (Phi) is 2.26. The molecule has 15 heavy (non-hydrogen) atoms. The molecule has 80 valence electrons. The molecule has 0 aliphatic rings. The van der Waals surface area contributed by atoms with Gasteiger partial charge in [0.2, 0.25) is 0 Å². The van der Waals surface area contributed by atoms with Gasteiger partial charge in [-0.15, -0.1) is 0 Å². The molecule has 0 radical (unpaired) electrons. The number of fused-ring (bicyclic) bond motifs is 1. The van der Waals surface area contributed by atoms with E-state index < -0.39 is 5.97 Å². The van der Waals surface area contributed by atoms with Gasteiger partial charge in [0.25, 0.3) is 0 Å². The standard InChI is InChI=1S/C11H13NO3/c1-7(2)6-12-8-3-4-15-10(8)5-9(12)11(13)14/h3-5,7H,6H2,1-2H3,(H,13,14). The number of carboxylic acid groups (broad SMARTS) is 1. The molecule has 2 heterocycles. The Morgan fingerprint density at radius 2 is 2.33 bits per heavy atom. The number of carboxylic acids is 1. The van der Waals surface area contributed by atoms with E-state index in [0.717, 1.165) is 5.52 Å². The third kappa shape index (κ3) is 1.63. The topological polar surface area (TPSA) is 55.4 Å². The molecule has 0 bridgehead atoms. The van der Waals surface area contributed by atoms with Gasteiger partial charge in [-0.3, -0.25) is 0 Å². The number of hydrogen-bond donors (Lipinski definition) is 1. The molecule has 0 fully saturated rings.